The van der Waals surface area contributed by atoms with Crippen molar-refractivity contribution in [2.45, 2.75) is 30.5 Å². The average molecular weight is 426 g/mol. The van der Waals surface area contributed by atoms with Crippen molar-refractivity contribution in [3.63, 3.8) is 0 Å². The fourth-order valence-electron chi connectivity index (χ4n) is 3.03. The Morgan fingerprint density at radius 1 is 1.23 bits per heavy atom. The van der Waals surface area contributed by atoms with E-state index < -0.39 is 21.1 Å². The van der Waals surface area contributed by atoms with Crippen LogP contribution in [0.25, 0.3) is 0 Å². The van der Waals surface area contributed by atoms with Gasteiger partial charge in [0.2, 0.25) is 0 Å². The van der Waals surface area contributed by atoms with Crippen molar-refractivity contribution in [3.05, 3.63) is 84.0 Å². The van der Waals surface area contributed by atoms with Gasteiger partial charge < -0.3 is 15.2 Å². The van der Waals surface area contributed by atoms with E-state index in [1.54, 1.807) is 32.3 Å². The predicted molar refractivity (Wildman–Crippen MR) is 113 cm³/mol. The van der Waals surface area contributed by atoms with Crippen LogP contribution in [0.2, 0.25) is 0 Å². The molecule has 0 aliphatic carbocycles. The fourth-order valence-corrected chi connectivity index (χ4v) is 4.74. The van der Waals surface area contributed by atoms with Crippen LogP contribution in [0.15, 0.2) is 70.9 Å². The van der Waals surface area contributed by atoms with Crippen molar-refractivity contribution >= 4 is 21.6 Å². The van der Waals surface area contributed by atoms with Gasteiger partial charge in [0.05, 0.1) is 10.6 Å². The van der Waals surface area contributed by atoms with Gasteiger partial charge in [-0.3, -0.25) is 4.98 Å². The molecule has 9 heteroatoms. The Labute approximate surface area is 174 Å². The Balaban J connectivity index is 1.71. The lowest BCUT2D eigenvalue weighted by Gasteiger charge is -2.14. The topological polar surface area (TPSA) is 114 Å². The van der Waals surface area contributed by atoms with Gasteiger partial charge in [-0.2, -0.15) is 0 Å². The lowest BCUT2D eigenvalue weighted by molar-refractivity contribution is 0.251. The van der Waals surface area contributed by atoms with E-state index in [-0.39, 0.29) is 4.90 Å². The van der Waals surface area contributed by atoms with Crippen LogP contribution < -0.4 is 10.6 Å². The number of nitrogens with one attached hydrogen (secondary N) is 2. The molecule has 0 aliphatic heterocycles. The number of amides is 2. The molecule has 0 fully saturated rings. The Bertz CT molecular complexity index is 1120. The maximum atomic E-state index is 13.1. The highest BCUT2D eigenvalue weighted by molar-refractivity contribution is 7.91. The summed E-state index contributed by atoms with van der Waals surface area (Å²) in [4.78, 5) is 16.2. The van der Waals surface area contributed by atoms with Crippen LogP contribution >= 0.6 is 0 Å². The summed E-state index contributed by atoms with van der Waals surface area (Å²) in [7, 11) is -3.76. The lowest BCUT2D eigenvalue weighted by atomic mass is 10.1. The van der Waals surface area contributed by atoms with E-state index in [1.165, 1.54) is 30.3 Å². The largest absolute Gasteiger partial charge is 0.361 e. The summed E-state index contributed by atoms with van der Waals surface area (Å²) in [5.41, 5.74) is 2.32. The first-order valence-electron chi connectivity index (χ1n) is 9.16. The van der Waals surface area contributed by atoms with Crippen molar-refractivity contribution in [2.75, 3.05) is 5.32 Å². The molecule has 2 heterocycles. The fraction of sp³-hybridized carbons (Fsp3) is 0.190. The molecular formula is C21H22N4O4S. The van der Waals surface area contributed by atoms with E-state index in [4.69, 9.17) is 4.52 Å². The number of benzene rings is 1. The summed E-state index contributed by atoms with van der Waals surface area (Å²) < 4.78 is 31.3. The quantitative estimate of drug-likeness (QED) is 0.557. The number of carbonyl (C=O) groups excluding carboxylic acids is 1. The number of sulfone groups is 1. The minimum atomic E-state index is -3.76. The molecule has 0 radical (unpaired) electrons. The van der Waals surface area contributed by atoms with Crippen LogP contribution in [-0.4, -0.2) is 24.6 Å². The predicted octanol–water partition coefficient (Wildman–Crippen LogP) is 3.71. The number of anilines is 1. The summed E-state index contributed by atoms with van der Waals surface area (Å²) in [6.07, 6.45) is 4.68. The number of carbonyl (C=O) groups is 1. The van der Waals surface area contributed by atoms with Gasteiger partial charge in [0.25, 0.3) is 0 Å². The molecule has 2 aromatic heterocycles. The second kappa shape index (κ2) is 8.91. The minimum Gasteiger partial charge on any atom is -0.361 e. The number of aryl methyl sites for hydroxylation is 2. The van der Waals surface area contributed by atoms with E-state index in [9.17, 15) is 13.2 Å². The number of nitrogens with zero attached hydrogens (tertiary/aromatic N) is 2. The van der Waals surface area contributed by atoms with Crippen molar-refractivity contribution in [1.29, 1.82) is 0 Å². The summed E-state index contributed by atoms with van der Waals surface area (Å²) >= 11 is 0. The number of aromatic nitrogens is 2. The minimum absolute atomic E-state index is 0.105. The molecule has 2 amide bonds. The molecule has 1 unspecified atom stereocenters. The van der Waals surface area contributed by atoms with Gasteiger partial charge in [-0.15, -0.1) is 6.58 Å². The van der Waals surface area contributed by atoms with Crippen molar-refractivity contribution in [3.8, 4) is 0 Å². The van der Waals surface area contributed by atoms with Crippen LogP contribution in [0.1, 0.15) is 27.8 Å². The summed E-state index contributed by atoms with van der Waals surface area (Å²) in [6.45, 7) is 7.35. The Hall–Kier alpha value is -3.46. The third kappa shape index (κ3) is 4.57. The lowest BCUT2D eigenvalue weighted by Crippen LogP contribution is -2.28. The van der Waals surface area contributed by atoms with Gasteiger partial charge in [0.1, 0.15) is 11.0 Å². The molecule has 2 N–H and O–H groups in total. The van der Waals surface area contributed by atoms with Crippen LogP contribution in [0.3, 0.4) is 0 Å². The zero-order chi connectivity index (χ0) is 21.7. The van der Waals surface area contributed by atoms with Crippen molar-refractivity contribution < 1.29 is 17.7 Å². The normalized spacial score (nSPS) is 12.2. The summed E-state index contributed by atoms with van der Waals surface area (Å²) in [5.74, 6) is 0.435. The molecule has 1 atom stereocenters. The number of urea groups is 1. The van der Waals surface area contributed by atoms with Crippen LogP contribution in [-0.2, 0) is 16.4 Å². The zero-order valence-corrected chi connectivity index (χ0v) is 17.4. The van der Waals surface area contributed by atoms with Crippen molar-refractivity contribution in [2.24, 2.45) is 0 Å². The zero-order valence-electron chi connectivity index (χ0n) is 16.6. The second-order valence-electron chi connectivity index (χ2n) is 6.63. The second-order valence-corrected chi connectivity index (χ2v) is 8.70. The molecule has 0 saturated carbocycles. The van der Waals surface area contributed by atoms with Gasteiger partial charge >= 0.3 is 6.03 Å². The number of pyridine rings is 1. The van der Waals surface area contributed by atoms with Crippen LogP contribution in [0.4, 0.5) is 10.5 Å². The first-order chi connectivity index (χ1) is 14.3. The summed E-state index contributed by atoms with van der Waals surface area (Å²) in [5, 5.41) is 8.23. The van der Waals surface area contributed by atoms with E-state index in [0.717, 1.165) is 5.56 Å². The van der Waals surface area contributed by atoms with Crippen LogP contribution in [0.5, 0.6) is 0 Å². The first kappa shape index (κ1) is 21.3. The monoisotopic (exact) mass is 426 g/mol. The molecule has 8 nitrogen and oxygen atoms in total. The van der Waals surface area contributed by atoms with Gasteiger partial charge in [0.15, 0.2) is 9.84 Å². The molecule has 1 aromatic carbocycles. The molecule has 0 spiro atoms. The first-order valence-corrected chi connectivity index (χ1v) is 10.7. The molecule has 3 aromatic rings. The Morgan fingerprint density at radius 3 is 2.53 bits per heavy atom. The molecular weight excluding hydrogens is 404 g/mol. The molecule has 0 aliphatic rings. The Kier molecular flexibility index (Phi) is 6.31. The average Bonchev–Trinajstić information content (AvgIpc) is 3.06. The highest BCUT2D eigenvalue weighted by atomic mass is 32.2. The van der Waals surface area contributed by atoms with E-state index in [1.807, 2.05) is 6.07 Å². The molecule has 3 rings (SSSR count). The molecule has 0 bridgehead atoms. The standard InChI is InChI=1S/C21H22N4O4S/c1-4-19(20-14(2)25-29-15(20)3)30(27,28)18-9-7-17(8-10-18)24-21(26)23-13-16-6-5-11-22-12-16/h4-12,19H,1,13H2,2-3H3,(H2,23,24,26). The number of rotatable bonds is 7. The maximum absolute atomic E-state index is 13.1. The summed E-state index contributed by atoms with van der Waals surface area (Å²) in [6, 6.07) is 9.18. The highest BCUT2D eigenvalue weighted by Gasteiger charge is 2.31. The number of hydrogen-bond acceptors (Lipinski definition) is 6. The number of hydrogen-bond donors (Lipinski definition) is 2. The maximum Gasteiger partial charge on any atom is 0.319 e. The molecule has 156 valence electrons. The smallest absolute Gasteiger partial charge is 0.319 e. The van der Waals surface area contributed by atoms with E-state index >= 15 is 0 Å². The van der Waals surface area contributed by atoms with E-state index in [2.05, 4.69) is 27.4 Å². The van der Waals surface area contributed by atoms with Gasteiger partial charge in [-0.1, -0.05) is 17.3 Å². The van der Waals surface area contributed by atoms with E-state index in [0.29, 0.717) is 29.2 Å². The van der Waals surface area contributed by atoms with Crippen molar-refractivity contribution in [1.82, 2.24) is 15.5 Å². The third-order valence-electron chi connectivity index (χ3n) is 4.54. The Morgan fingerprint density at radius 2 is 1.97 bits per heavy atom. The van der Waals surface area contributed by atoms with Crippen LogP contribution in [0, 0.1) is 13.8 Å². The highest BCUT2D eigenvalue weighted by Crippen LogP contribution is 2.34. The third-order valence-corrected chi connectivity index (χ3v) is 6.56. The molecule has 0 saturated heterocycles. The van der Waals surface area contributed by atoms with Gasteiger partial charge in [0, 0.05) is 30.2 Å². The van der Waals surface area contributed by atoms with Gasteiger partial charge in [-0.05, 0) is 49.7 Å². The molecule has 30 heavy (non-hydrogen) atoms. The van der Waals surface area contributed by atoms with Gasteiger partial charge in [-0.25, -0.2) is 13.2 Å². The SMILES string of the molecule is C=CC(c1c(C)noc1C)S(=O)(=O)c1ccc(NC(=O)NCc2cccnc2)cc1.